The number of carbonyl (C=O) groups excluding carboxylic acids is 1. The van der Waals surface area contributed by atoms with Crippen molar-refractivity contribution in [3.63, 3.8) is 0 Å². The van der Waals surface area contributed by atoms with E-state index in [4.69, 9.17) is 4.74 Å². The number of methoxy groups -OCH3 is 1. The summed E-state index contributed by atoms with van der Waals surface area (Å²) < 4.78 is 5.40. The Labute approximate surface area is 134 Å². The number of hydrogen-bond donors (Lipinski definition) is 1. The van der Waals surface area contributed by atoms with Gasteiger partial charge in [0, 0.05) is 19.1 Å². The Bertz CT molecular complexity index is 464. The molecule has 1 atom stereocenters. The summed E-state index contributed by atoms with van der Waals surface area (Å²) in [7, 11) is 1.75. The molecule has 2 rings (SSSR count). The van der Waals surface area contributed by atoms with Gasteiger partial charge in [0.1, 0.15) is 0 Å². The van der Waals surface area contributed by atoms with Gasteiger partial charge in [-0.15, -0.1) is 0 Å². The fourth-order valence-electron chi connectivity index (χ4n) is 3.69. The van der Waals surface area contributed by atoms with Gasteiger partial charge in [0.15, 0.2) is 0 Å². The molecule has 0 aromatic heterocycles. The minimum absolute atomic E-state index is 0.0813. The number of rotatable bonds is 7. The molecule has 0 bridgehead atoms. The van der Waals surface area contributed by atoms with Crippen LogP contribution in [0, 0.1) is 11.3 Å². The highest BCUT2D eigenvalue weighted by Crippen LogP contribution is 2.38. The quantitative estimate of drug-likeness (QED) is 0.833. The molecule has 0 aliphatic heterocycles. The van der Waals surface area contributed by atoms with Crippen LogP contribution in [0.4, 0.5) is 0 Å². The summed E-state index contributed by atoms with van der Waals surface area (Å²) >= 11 is 0. The van der Waals surface area contributed by atoms with Crippen molar-refractivity contribution in [1.29, 1.82) is 0 Å². The van der Waals surface area contributed by atoms with Gasteiger partial charge in [-0.25, -0.2) is 0 Å². The minimum atomic E-state index is -0.0813. The normalized spacial score (nSPS) is 18.4. The van der Waals surface area contributed by atoms with E-state index < -0.39 is 0 Å². The molecule has 0 saturated heterocycles. The lowest BCUT2D eigenvalue weighted by molar-refractivity contribution is -0.124. The smallest absolute Gasteiger partial charge is 0.227 e. The van der Waals surface area contributed by atoms with Crippen LogP contribution in [0.5, 0.6) is 0 Å². The number of hydrogen-bond acceptors (Lipinski definition) is 2. The predicted octanol–water partition coefficient (Wildman–Crippen LogP) is 3.75. The van der Waals surface area contributed by atoms with Crippen LogP contribution in [0.3, 0.4) is 0 Å². The van der Waals surface area contributed by atoms with Gasteiger partial charge in [0.05, 0.1) is 12.5 Å². The average Bonchev–Trinajstić information content (AvgIpc) is 2.95. The first-order valence-corrected chi connectivity index (χ1v) is 8.39. The standard InChI is InChI=1S/C19H29NO2/c1-15(2)17(16-9-5-4-6-10-16)18(21)20-13-19(14-22-3)11-7-8-12-19/h4-6,9-10,15,17H,7-8,11-14H2,1-3H3,(H,20,21)/t17-/m1/s1. The summed E-state index contributed by atoms with van der Waals surface area (Å²) in [4.78, 5) is 12.7. The molecule has 0 heterocycles. The van der Waals surface area contributed by atoms with Crippen LogP contribution >= 0.6 is 0 Å². The maximum Gasteiger partial charge on any atom is 0.227 e. The zero-order chi connectivity index (χ0) is 16.0. The van der Waals surface area contributed by atoms with Gasteiger partial charge >= 0.3 is 0 Å². The van der Waals surface area contributed by atoms with E-state index in [0.717, 1.165) is 31.6 Å². The van der Waals surface area contributed by atoms with Crippen molar-refractivity contribution in [2.45, 2.75) is 45.4 Å². The van der Waals surface area contributed by atoms with Gasteiger partial charge in [0.25, 0.3) is 0 Å². The molecule has 3 nitrogen and oxygen atoms in total. The number of amides is 1. The van der Waals surface area contributed by atoms with Gasteiger partial charge in [-0.3, -0.25) is 4.79 Å². The van der Waals surface area contributed by atoms with E-state index in [2.05, 4.69) is 19.2 Å². The van der Waals surface area contributed by atoms with Crippen molar-refractivity contribution in [3.05, 3.63) is 35.9 Å². The van der Waals surface area contributed by atoms with Crippen molar-refractivity contribution in [2.75, 3.05) is 20.3 Å². The number of benzene rings is 1. The zero-order valence-electron chi connectivity index (χ0n) is 14.1. The maximum atomic E-state index is 12.7. The molecule has 1 saturated carbocycles. The summed E-state index contributed by atoms with van der Waals surface area (Å²) in [5.41, 5.74) is 1.24. The summed E-state index contributed by atoms with van der Waals surface area (Å²) in [6.07, 6.45) is 4.79. The number of nitrogens with one attached hydrogen (secondary N) is 1. The van der Waals surface area contributed by atoms with Crippen molar-refractivity contribution < 1.29 is 9.53 Å². The van der Waals surface area contributed by atoms with E-state index in [0.29, 0.717) is 0 Å². The molecule has 22 heavy (non-hydrogen) atoms. The lowest BCUT2D eigenvalue weighted by atomic mass is 9.85. The first kappa shape index (κ1) is 17.0. The third-order valence-corrected chi connectivity index (χ3v) is 4.86. The molecule has 1 aromatic rings. The van der Waals surface area contributed by atoms with Crippen LogP contribution in [0.15, 0.2) is 30.3 Å². The van der Waals surface area contributed by atoms with Crippen molar-refractivity contribution in [2.24, 2.45) is 11.3 Å². The maximum absolute atomic E-state index is 12.7. The predicted molar refractivity (Wildman–Crippen MR) is 89.8 cm³/mol. The third-order valence-electron chi connectivity index (χ3n) is 4.86. The Kier molecular flexibility index (Phi) is 6.01. The highest BCUT2D eigenvalue weighted by atomic mass is 16.5. The van der Waals surface area contributed by atoms with Crippen LogP contribution in [-0.2, 0) is 9.53 Å². The number of carbonyl (C=O) groups is 1. The molecular formula is C19H29NO2. The van der Waals surface area contributed by atoms with Gasteiger partial charge < -0.3 is 10.1 Å². The molecule has 3 heteroatoms. The molecule has 1 aliphatic carbocycles. The average molecular weight is 303 g/mol. The van der Waals surface area contributed by atoms with Crippen LogP contribution in [-0.4, -0.2) is 26.2 Å². The van der Waals surface area contributed by atoms with E-state index in [9.17, 15) is 4.79 Å². The van der Waals surface area contributed by atoms with Gasteiger partial charge in [-0.2, -0.15) is 0 Å². The highest BCUT2D eigenvalue weighted by Gasteiger charge is 2.35. The van der Waals surface area contributed by atoms with Crippen LogP contribution in [0.1, 0.15) is 51.0 Å². The molecule has 1 amide bonds. The van der Waals surface area contributed by atoms with Crippen molar-refractivity contribution in [1.82, 2.24) is 5.32 Å². The molecule has 1 aliphatic rings. The Hall–Kier alpha value is -1.35. The third kappa shape index (κ3) is 4.10. The SMILES string of the molecule is COCC1(CNC(=O)[C@@H](c2ccccc2)C(C)C)CCCC1. The molecule has 122 valence electrons. The van der Waals surface area contributed by atoms with Crippen molar-refractivity contribution in [3.8, 4) is 0 Å². The molecule has 0 spiro atoms. The summed E-state index contributed by atoms with van der Waals surface area (Å²) in [5, 5.41) is 3.21. The second-order valence-electron chi connectivity index (χ2n) is 6.99. The molecule has 0 unspecified atom stereocenters. The summed E-state index contributed by atoms with van der Waals surface area (Å²) in [6.45, 7) is 5.69. The highest BCUT2D eigenvalue weighted by molar-refractivity contribution is 5.83. The minimum Gasteiger partial charge on any atom is -0.384 e. The first-order chi connectivity index (χ1) is 10.6. The van der Waals surface area contributed by atoms with E-state index in [1.165, 1.54) is 12.8 Å². The summed E-state index contributed by atoms with van der Waals surface area (Å²) in [5.74, 6) is 0.343. The largest absolute Gasteiger partial charge is 0.384 e. The Balaban J connectivity index is 2.02. The van der Waals surface area contributed by atoms with Gasteiger partial charge in [-0.05, 0) is 24.3 Å². The van der Waals surface area contributed by atoms with E-state index in [-0.39, 0.29) is 23.2 Å². The topological polar surface area (TPSA) is 38.3 Å². The van der Waals surface area contributed by atoms with E-state index in [1.54, 1.807) is 7.11 Å². The van der Waals surface area contributed by atoms with Crippen LogP contribution < -0.4 is 5.32 Å². The van der Waals surface area contributed by atoms with E-state index in [1.807, 2.05) is 30.3 Å². The zero-order valence-corrected chi connectivity index (χ0v) is 14.1. The van der Waals surface area contributed by atoms with Crippen LogP contribution in [0.2, 0.25) is 0 Å². The molecule has 1 N–H and O–H groups in total. The van der Waals surface area contributed by atoms with Gasteiger partial charge in [0.2, 0.25) is 5.91 Å². The monoisotopic (exact) mass is 303 g/mol. The summed E-state index contributed by atoms with van der Waals surface area (Å²) in [6, 6.07) is 10.1. The lowest BCUT2D eigenvalue weighted by Crippen LogP contribution is -2.41. The molecule has 1 aromatic carbocycles. The fraction of sp³-hybridized carbons (Fsp3) is 0.632. The Morgan fingerprint density at radius 2 is 1.86 bits per heavy atom. The second-order valence-corrected chi connectivity index (χ2v) is 6.99. The molecule has 1 fully saturated rings. The molecular weight excluding hydrogens is 274 g/mol. The first-order valence-electron chi connectivity index (χ1n) is 8.39. The Morgan fingerprint density at radius 1 is 1.23 bits per heavy atom. The lowest BCUT2D eigenvalue weighted by Gasteiger charge is -2.30. The molecule has 0 radical (unpaired) electrons. The Morgan fingerprint density at radius 3 is 2.41 bits per heavy atom. The van der Waals surface area contributed by atoms with E-state index >= 15 is 0 Å². The number of ether oxygens (including phenoxy) is 1. The van der Waals surface area contributed by atoms with Crippen molar-refractivity contribution >= 4 is 5.91 Å². The van der Waals surface area contributed by atoms with Crippen LogP contribution in [0.25, 0.3) is 0 Å². The fourth-order valence-corrected chi connectivity index (χ4v) is 3.69. The van der Waals surface area contributed by atoms with Gasteiger partial charge in [-0.1, -0.05) is 57.0 Å². The second kappa shape index (κ2) is 7.77.